The summed E-state index contributed by atoms with van der Waals surface area (Å²) in [6.45, 7) is -0.0603. The molecule has 1 fully saturated rings. The van der Waals surface area contributed by atoms with Gasteiger partial charge in [-0.1, -0.05) is 6.08 Å². The number of ether oxygens (including phenoxy) is 2. The zero-order valence-corrected chi connectivity index (χ0v) is 17.7. The average molecular weight is 461 g/mol. The molecule has 4 rings (SSSR count). The van der Waals surface area contributed by atoms with Gasteiger partial charge in [0.1, 0.15) is 31.3 Å². The van der Waals surface area contributed by atoms with Gasteiger partial charge in [-0.25, -0.2) is 9.18 Å². The Bertz CT molecular complexity index is 1020. The van der Waals surface area contributed by atoms with E-state index in [1.807, 2.05) is 0 Å². The molecule has 0 unspecified atom stereocenters. The Labute approximate surface area is 188 Å². The fourth-order valence-electron chi connectivity index (χ4n) is 3.86. The number of aliphatic hydroxyl groups excluding tert-OH is 2. The Balaban J connectivity index is 1.45. The molecule has 0 aliphatic carbocycles. The fraction of sp³-hybridized carbons (Fsp3) is 0.409. The SMILES string of the molecule is O=C(C(CO)CO)N1CC=C(c2ccc(N3C(=O)OC[C@H]3COc3ccon3)cc2F)CC1. The number of aliphatic hydroxyl groups is 2. The number of aromatic nitrogens is 1. The van der Waals surface area contributed by atoms with E-state index in [9.17, 15) is 19.8 Å². The average Bonchev–Trinajstić information content (AvgIpc) is 3.48. The van der Waals surface area contributed by atoms with Crippen LogP contribution in [-0.4, -0.2) is 77.8 Å². The molecule has 2 amide bonds. The van der Waals surface area contributed by atoms with Crippen LogP contribution in [-0.2, 0) is 9.53 Å². The molecule has 176 valence electrons. The first-order valence-corrected chi connectivity index (χ1v) is 10.5. The van der Waals surface area contributed by atoms with Gasteiger partial charge in [0.25, 0.3) is 5.88 Å². The van der Waals surface area contributed by atoms with Crippen LogP contribution in [0.15, 0.2) is 41.1 Å². The third kappa shape index (κ3) is 4.83. The minimum absolute atomic E-state index is 0.0950. The molecular weight excluding hydrogens is 437 g/mol. The van der Waals surface area contributed by atoms with E-state index in [4.69, 9.17) is 14.0 Å². The zero-order chi connectivity index (χ0) is 23.4. The second-order valence-electron chi connectivity index (χ2n) is 7.74. The lowest BCUT2D eigenvalue weighted by molar-refractivity contribution is -0.137. The third-order valence-electron chi connectivity index (χ3n) is 5.69. The van der Waals surface area contributed by atoms with Gasteiger partial charge in [-0.2, -0.15) is 0 Å². The van der Waals surface area contributed by atoms with Crippen LogP contribution in [0.5, 0.6) is 5.88 Å². The van der Waals surface area contributed by atoms with Crippen molar-refractivity contribution in [2.45, 2.75) is 12.5 Å². The molecule has 2 aliphatic heterocycles. The molecule has 1 saturated heterocycles. The lowest BCUT2D eigenvalue weighted by atomic mass is 9.97. The van der Waals surface area contributed by atoms with Gasteiger partial charge in [0, 0.05) is 24.7 Å². The van der Waals surface area contributed by atoms with Crippen LogP contribution in [0.3, 0.4) is 0 Å². The van der Waals surface area contributed by atoms with Crippen molar-refractivity contribution in [3.05, 3.63) is 48.0 Å². The summed E-state index contributed by atoms with van der Waals surface area (Å²) in [5.41, 5.74) is 1.46. The summed E-state index contributed by atoms with van der Waals surface area (Å²) in [6, 6.07) is 5.59. The number of carbonyl (C=O) groups excluding carboxylic acids is 2. The highest BCUT2D eigenvalue weighted by Gasteiger charge is 2.35. The standard InChI is InChI=1S/C22H24FN3O7/c23-19-9-16(26-17(13-32-22(26)30)12-31-20-5-8-33-24-20)1-2-18(19)14-3-6-25(7-4-14)21(29)15(10-27)11-28/h1-3,5,8-9,15,17,27-28H,4,6-7,10-13H2/t17-/m1/s1. The molecule has 0 radical (unpaired) electrons. The van der Waals surface area contributed by atoms with E-state index in [0.29, 0.717) is 24.2 Å². The molecule has 10 nitrogen and oxygen atoms in total. The quantitative estimate of drug-likeness (QED) is 0.605. The van der Waals surface area contributed by atoms with E-state index in [-0.39, 0.29) is 31.5 Å². The normalized spacial score (nSPS) is 18.5. The Morgan fingerprint density at radius 1 is 1.30 bits per heavy atom. The molecule has 33 heavy (non-hydrogen) atoms. The maximum Gasteiger partial charge on any atom is 0.414 e. The van der Waals surface area contributed by atoms with Crippen LogP contribution in [0.1, 0.15) is 12.0 Å². The monoisotopic (exact) mass is 461 g/mol. The number of hydrogen-bond acceptors (Lipinski definition) is 8. The number of cyclic esters (lactones) is 1. The van der Waals surface area contributed by atoms with Crippen molar-refractivity contribution in [3.63, 3.8) is 0 Å². The molecule has 1 aromatic carbocycles. The lowest BCUT2D eigenvalue weighted by Crippen LogP contribution is -2.41. The van der Waals surface area contributed by atoms with Crippen LogP contribution in [0.2, 0.25) is 0 Å². The molecule has 2 aliphatic rings. The van der Waals surface area contributed by atoms with Gasteiger partial charge >= 0.3 is 6.09 Å². The number of benzene rings is 1. The Morgan fingerprint density at radius 2 is 2.12 bits per heavy atom. The minimum atomic E-state index is -0.850. The molecule has 0 saturated carbocycles. The van der Waals surface area contributed by atoms with E-state index < -0.39 is 37.1 Å². The van der Waals surface area contributed by atoms with Crippen molar-refractivity contribution in [1.29, 1.82) is 0 Å². The highest BCUT2D eigenvalue weighted by molar-refractivity contribution is 5.90. The van der Waals surface area contributed by atoms with Crippen molar-refractivity contribution >= 4 is 23.3 Å². The fourth-order valence-corrected chi connectivity index (χ4v) is 3.86. The number of anilines is 1. The van der Waals surface area contributed by atoms with Gasteiger partial charge < -0.3 is 29.1 Å². The van der Waals surface area contributed by atoms with Gasteiger partial charge in [-0.05, 0) is 35.3 Å². The van der Waals surface area contributed by atoms with E-state index in [0.717, 1.165) is 5.57 Å². The summed E-state index contributed by atoms with van der Waals surface area (Å²) in [7, 11) is 0. The lowest BCUT2D eigenvalue weighted by Gasteiger charge is -2.29. The first kappa shape index (κ1) is 22.7. The smallest absolute Gasteiger partial charge is 0.414 e. The van der Waals surface area contributed by atoms with Crippen molar-refractivity contribution in [2.24, 2.45) is 5.92 Å². The largest absolute Gasteiger partial charge is 0.473 e. The van der Waals surface area contributed by atoms with Crippen LogP contribution < -0.4 is 9.64 Å². The van der Waals surface area contributed by atoms with E-state index in [1.165, 1.54) is 28.2 Å². The van der Waals surface area contributed by atoms with E-state index >= 15 is 4.39 Å². The number of hydrogen-bond donors (Lipinski definition) is 2. The Hall–Kier alpha value is -3.44. The molecule has 0 spiro atoms. The maximum absolute atomic E-state index is 15.0. The van der Waals surface area contributed by atoms with E-state index in [2.05, 4.69) is 5.16 Å². The second-order valence-corrected chi connectivity index (χ2v) is 7.74. The summed E-state index contributed by atoms with van der Waals surface area (Å²) >= 11 is 0. The summed E-state index contributed by atoms with van der Waals surface area (Å²) in [4.78, 5) is 27.4. The topological polar surface area (TPSA) is 126 Å². The molecule has 2 aromatic rings. The third-order valence-corrected chi connectivity index (χ3v) is 5.69. The summed E-state index contributed by atoms with van der Waals surface area (Å²) < 4.78 is 30.3. The Morgan fingerprint density at radius 3 is 2.76 bits per heavy atom. The van der Waals surface area contributed by atoms with Gasteiger partial charge in [0.05, 0.1) is 24.8 Å². The predicted molar refractivity (Wildman–Crippen MR) is 113 cm³/mol. The number of nitrogens with zero attached hydrogens (tertiary/aromatic N) is 3. The maximum atomic E-state index is 15.0. The molecule has 2 N–H and O–H groups in total. The summed E-state index contributed by atoms with van der Waals surface area (Å²) in [5, 5.41) is 22.1. The van der Waals surface area contributed by atoms with Crippen molar-refractivity contribution < 1.29 is 38.2 Å². The first-order valence-electron chi connectivity index (χ1n) is 10.5. The summed E-state index contributed by atoms with van der Waals surface area (Å²) in [6.07, 6.45) is 2.95. The number of rotatable bonds is 8. The predicted octanol–water partition coefficient (Wildman–Crippen LogP) is 1.43. The van der Waals surface area contributed by atoms with Gasteiger partial charge in [0.15, 0.2) is 0 Å². The van der Waals surface area contributed by atoms with Gasteiger partial charge in [-0.15, -0.1) is 0 Å². The first-order chi connectivity index (χ1) is 16.0. The van der Waals surface area contributed by atoms with E-state index in [1.54, 1.807) is 18.2 Å². The highest BCUT2D eigenvalue weighted by atomic mass is 19.1. The van der Waals surface area contributed by atoms with Crippen molar-refractivity contribution in [1.82, 2.24) is 10.1 Å². The van der Waals surface area contributed by atoms with Crippen LogP contribution >= 0.6 is 0 Å². The molecule has 11 heteroatoms. The highest BCUT2D eigenvalue weighted by Crippen LogP contribution is 2.30. The molecule has 1 aromatic heterocycles. The van der Waals surface area contributed by atoms with Gasteiger partial charge in [0.2, 0.25) is 5.91 Å². The van der Waals surface area contributed by atoms with Crippen LogP contribution in [0.4, 0.5) is 14.9 Å². The van der Waals surface area contributed by atoms with Crippen molar-refractivity contribution in [3.8, 4) is 5.88 Å². The second kappa shape index (κ2) is 10.0. The van der Waals surface area contributed by atoms with Gasteiger partial charge in [-0.3, -0.25) is 9.69 Å². The molecule has 0 bridgehead atoms. The zero-order valence-electron chi connectivity index (χ0n) is 17.7. The minimum Gasteiger partial charge on any atom is -0.473 e. The number of carbonyl (C=O) groups is 2. The van der Waals surface area contributed by atoms with Crippen LogP contribution in [0.25, 0.3) is 5.57 Å². The molecule has 1 atom stereocenters. The summed E-state index contributed by atoms with van der Waals surface area (Å²) in [5.74, 6) is -1.41. The molecule has 3 heterocycles. The van der Waals surface area contributed by atoms with Crippen molar-refractivity contribution in [2.75, 3.05) is 44.4 Å². The Kier molecular flexibility index (Phi) is 6.90. The molecular formula is C22H24FN3O7. The number of amides is 2. The number of halogens is 1. The van der Waals surface area contributed by atoms with Crippen LogP contribution in [0, 0.1) is 11.7 Å².